The van der Waals surface area contributed by atoms with Crippen LogP contribution in [-0.4, -0.2) is 0 Å². The first-order chi connectivity index (χ1) is 7.93. The zero-order chi connectivity index (χ0) is 10.8. The van der Waals surface area contributed by atoms with Crippen molar-refractivity contribution in [2.24, 2.45) is 0 Å². The fourth-order valence-corrected chi connectivity index (χ4v) is 1.72. The molecule has 0 N–H and O–H groups in total. The minimum atomic E-state index is 0. The maximum atomic E-state index is 5.57. The van der Waals surface area contributed by atoms with Crippen molar-refractivity contribution in [2.75, 3.05) is 0 Å². The van der Waals surface area contributed by atoms with Crippen LogP contribution in [0.15, 0.2) is 65.3 Å². The Morgan fingerprint density at radius 3 is 2.35 bits per heavy atom. The second-order valence-electron chi connectivity index (χ2n) is 3.64. The van der Waals surface area contributed by atoms with Gasteiger partial charge in [0.05, 0.1) is 0 Å². The van der Waals surface area contributed by atoms with Crippen molar-refractivity contribution in [1.29, 1.82) is 0 Å². The van der Waals surface area contributed by atoms with Gasteiger partial charge in [-0.05, 0) is 11.5 Å². The van der Waals surface area contributed by atoms with Gasteiger partial charge < -0.3 is 0 Å². The van der Waals surface area contributed by atoms with Crippen LogP contribution in [0.1, 0.15) is 0 Å². The first-order valence-corrected chi connectivity index (χ1v) is 5.22. The Kier molecular flexibility index (Phi) is 3.75. The molecule has 0 aliphatic rings. The van der Waals surface area contributed by atoms with E-state index in [9.17, 15) is 0 Å². The Hall–Kier alpha value is -1.41. The van der Waals surface area contributed by atoms with Gasteiger partial charge in [0, 0.05) is 5.56 Å². The standard InChI is InChI=1S/C15H10O.Au/c1-2-6-12(7-3-1)15-10-13-8-4-5-9-14(13)11-16-15;/h1-9,11H;/q;+1. The van der Waals surface area contributed by atoms with Crippen molar-refractivity contribution < 1.29 is 26.8 Å². The van der Waals surface area contributed by atoms with Crippen LogP contribution < -0.4 is 0 Å². The molecule has 0 saturated carbocycles. The minimum absolute atomic E-state index is 0. The molecule has 0 aliphatic heterocycles. The van der Waals surface area contributed by atoms with E-state index in [4.69, 9.17) is 4.42 Å². The molecule has 0 spiro atoms. The topological polar surface area (TPSA) is 11.3 Å². The van der Waals surface area contributed by atoms with E-state index >= 15 is 0 Å². The van der Waals surface area contributed by atoms with Crippen LogP contribution in [0.2, 0.25) is 0 Å². The average molecular weight is 403 g/mol. The molecule has 86 valence electrons. The largest absolute Gasteiger partial charge is 1.00 e. The Morgan fingerprint density at radius 2 is 1.53 bits per heavy atom. The van der Waals surface area contributed by atoms with Crippen molar-refractivity contribution in [3.63, 3.8) is 0 Å². The molecule has 2 heteroatoms. The summed E-state index contributed by atoms with van der Waals surface area (Å²) in [7, 11) is 0. The first kappa shape index (κ1) is 12.1. The second kappa shape index (κ2) is 5.28. The predicted molar refractivity (Wildman–Crippen MR) is 64.9 cm³/mol. The summed E-state index contributed by atoms with van der Waals surface area (Å²) in [5.74, 6) is 0.777. The van der Waals surface area contributed by atoms with E-state index in [1.807, 2.05) is 54.6 Å². The van der Waals surface area contributed by atoms with E-state index < -0.39 is 0 Å². The maximum absolute atomic E-state index is 5.57. The van der Waals surface area contributed by atoms with E-state index in [1.165, 1.54) is 0 Å². The zero-order valence-corrected chi connectivity index (χ0v) is 11.1. The Balaban J connectivity index is 0.00000108. The molecule has 2 aromatic carbocycles. The number of hydrogen-bond acceptors (Lipinski definition) is 0. The van der Waals surface area contributed by atoms with E-state index in [0.29, 0.717) is 0 Å². The van der Waals surface area contributed by atoms with Gasteiger partial charge in [-0.1, -0.05) is 42.5 Å². The third-order valence-electron chi connectivity index (χ3n) is 2.55. The number of rotatable bonds is 1. The first-order valence-electron chi connectivity index (χ1n) is 5.22. The van der Waals surface area contributed by atoms with Crippen molar-refractivity contribution in [3.8, 4) is 11.3 Å². The van der Waals surface area contributed by atoms with E-state index in [1.54, 1.807) is 6.26 Å². The molecule has 3 rings (SSSR count). The minimum Gasteiger partial charge on any atom is -0.246 e. The van der Waals surface area contributed by atoms with Crippen molar-refractivity contribution in [1.82, 2.24) is 0 Å². The van der Waals surface area contributed by atoms with Gasteiger partial charge in [0.25, 0.3) is 12.0 Å². The third-order valence-corrected chi connectivity index (χ3v) is 2.55. The van der Waals surface area contributed by atoms with Crippen LogP contribution in [0.4, 0.5) is 0 Å². The van der Waals surface area contributed by atoms with Gasteiger partial charge in [-0.2, -0.15) is 0 Å². The van der Waals surface area contributed by atoms with Gasteiger partial charge in [-0.15, -0.1) is 17.5 Å². The summed E-state index contributed by atoms with van der Waals surface area (Å²) in [5, 5.41) is 2.15. The summed E-state index contributed by atoms with van der Waals surface area (Å²) >= 11 is 0. The van der Waals surface area contributed by atoms with Crippen LogP contribution >= 0.6 is 0 Å². The molecule has 1 aromatic heterocycles. The van der Waals surface area contributed by atoms with Gasteiger partial charge in [-0.3, -0.25) is 0 Å². The summed E-state index contributed by atoms with van der Waals surface area (Å²) < 4.78 is 5.57. The van der Waals surface area contributed by atoms with Crippen LogP contribution in [0.5, 0.6) is 0 Å². The molecule has 0 unspecified atom stereocenters. The molecule has 0 bridgehead atoms. The Labute approximate surface area is 116 Å². The average Bonchev–Trinajstić information content (AvgIpc) is 2.39. The van der Waals surface area contributed by atoms with Crippen molar-refractivity contribution in [3.05, 3.63) is 66.9 Å². The normalized spacial score (nSPS) is 9.88. The fraction of sp³-hybridized carbons (Fsp3) is 0. The molecule has 17 heavy (non-hydrogen) atoms. The number of hydrogen-bond donors (Lipinski definition) is 0. The summed E-state index contributed by atoms with van der Waals surface area (Å²) in [6, 6.07) is 21.3. The predicted octanol–water partition coefficient (Wildman–Crippen LogP) is 4.18. The summed E-state index contributed by atoms with van der Waals surface area (Å²) in [6.07, 6.45) is 1.77. The molecule has 1 heterocycles. The van der Waals surface area contributed by atoms with Crippen LogP contribution in [-0.2, 0) is 22.4 Å². The molecule has 0 aliphatic carbocycles. The van der Waals surface area contributed by atoms with E-state index in [0.717, 1.165) is 22.1 Å². The Bertz CT molecular complexity index is 620. The fourth-order valence-electron chi connectivity index (χ4n) is 1.72. The molecular formula is C15H10AuO+. The van der Waals surface area contributed by atoms with Gasteiger partial charge in [0.2, 0.25) is 0 Å². The smallest absolute Gasteiger partial charge is 0.246 e. The third kappa shape index (κ3) is 2.47. The van der Waals surface area contributed by atoms with Gasteiger partial charge in [0.1, 0.15) is 0 Å². The van der Waals surface area contributed by atoms with Crippen molar-refractivity contribution >= 4 is 10.8 Å². The van der Waals surface area contributed by atoms with E-state index in [-0.39, 0.29) is 22.4 Å². The van der Waals surface area contributed by atoms with Gasteiger partial charge in [-0.25, -0.2) is 4.42 Å². The molecule has 0 saturated heterocycles. The molecule has 0 radical (unpaired) electrons. The quantitative estimate of drug-likeness (QED) is 0.337. The van der Waals surface area contributed by atoms with Gasteiger partial charge >= 0.3 is 22.4 Å². The van der Waals surface area contributed by atoms with Crippen molar-refractivity contribution in [2.45, 2.75) is 0 Å². The molecule has 3 aromatic rings. The summed E-state index contributed by atoms with van der Waals surface area (Å²) in [6.45, 7) is 0. The SMILES string of the molecule is [Au+].[c-]1c(-c2ccccc2)[o+]cc2ccccc12. The molecular weight excluding hydrogens is 393 g/mol. The maximum Gasteiger partial charge on any atom is 1.00 e. The molecule has 0 amide bonds. The van der Waals surface area contributed by atoms with Crippen LogP contribution in [0.3, 0.4) is 0 Å². The zero-order valence-electron chi connectivity index (χ0n) is 8.98. The Morgan fingerprint density at radius 1 is 0.824 bits per heavy atom. The van der Waals surface area contributed by atoms with Crippen LogP contribution in [0, 0.1) is 6.07 Å². The molecule has 1 nitrogen and oxygen atoms in total. The van der Waals surface area contributed by atoms with Gasteiger partial charge in [0.15, 0.2) is 0 Å². The molecule has 0 atom stereocenters. The monoisotopic (exact) mass is 403 g/mol. The summed E-state index contributed by atoms with van der Waals surface area (Å²) in [5.41, 5.74) is 1.05. The van der Waals surface area contributed by atoms with E-state index in [2.05, 4.69) is 6.07 Å². The van der Waals surface area contributed by atoms with Crippen LogP contribution in [0.25, 0.3) is 22.1 Å². The number of fused-ring (bicyclic) bond motifs is 1. The number of benzene rings is 2. The second-order valence-corrected chi connectivity index (χ2v) is 3.64. The summed E-state index contributed by atoms with van der Waals surface area (Å²) in [4.78, 5) is 0. The molecule has 0 fully saturated rings.